The molecule has 3 heterocycles. The summed E-state index contributed by atoms with van der Waals surface area (Å²) in [7, 11) is -3.29. The van der Waals surface area contributed by atoms with E-state index in [9.17, 15) is 13.5 Å². The molecule has 10 heteroatoms. The topological polar surface area (TPSA) is 115 Å². The van der Waals surface area contributed by atoms with Gasteiger partial charge in [0.1, 0.15) is 12.7 Å². The Morgan fingerprint density at radius 3 is 2.64 bits per heavy atom. The van der Waals surface area contributed by atoms with E-state index in [1.54, 1.807) is 12.4 Å². The van der Waals surface area contributed by atoms with Crippen LogP contribution in [0.15, 0.2) is 42.7 Å². The van der Waals surface area contributed by atoms with Gasteiger partial charge in [-0.1, -0.05) is 38.1 Å². The number of aliphatic hydroxyl groups excluding tert-OH is 1. The van der Waals surface area contributed by atoms with E-state index in [1.165, 1.54) is 10.6 Å². The number of benzene rings is 1. The molecule has 1 aromatic carbocycles. The number of nitrogens with zero attached hydrogens (tertiary/aromatic N) is 4. The van der Waals surface area contributed by atoms with E-state index in [4.69, 9.17) is 9.47 Å². The van der Waals surface area contributed by atoms with Crippen LogP contribution in [-0.2, 0) is 14.8 Å². The lowest BCUT2D eigenvalue weighted by Gasteiger charge is -2.30. The summed E-state index contributed by atoms with van der Waals surface area (Å²) in [5, 5.41) is 10.3. The van der Waals surface area contributed by atoms with Crippen LogP contribution in [0.5, 0.6) is 5.88 Å². The van der Waals surface area contributed by atoms with Crippen molar-refractivity contribution in [3.8, 4) is 17.1 Å². The fourth-order valence-electron chi connectivity index (χ4n) is 3.69. The van der Waals surface area contributed by atoms with Crippen LogP contribution in [0.1, 0.15) is 25.5 Å². The lowest BCUT2D eigenvalue weighted by atomic mass is 9.97. The largest absolute Gasteiger partial charge is 0.473 e. The van der Waals surface area contributed by atoms with Gasteiger partial charge in [0.25, 0.3) is 0 Å². The number of rotatable bonds is 7. The quantitative estimate of drug-likeness (QED) is 0.558. The molecule has 2 unspecified atom stereocenters. The molecular formula is C23H28N4O5S. The van der Waals surface area contributed by atoms with Crippen LogP contribution in [0.2, 0.25) is 0 Å². The van der Waals surface area contributed by atoms with Gasteiger partial charge in [0.2, 0.25) is 15.9 Å². The molecule has 1 N–H and O–H groups in total. The Morgan fingerprint density at radius 2 is 1.94 bits per heavy atom. The van der Waals surface area contributed by atoms with Crippen LogP contribution in [0.3, 0.4) is 0 Å². The monoisotopic (exact) mass is 472 g/mol. The predicted molar refractivity (Wildman–Crippen MR) is 124 cm³/mol. The van der Waals surface area contributed by atoms with Crippen LogP contribution in [-0.4, -0.2) is 71.4 Å². The Morgan fingerprint density at radius 1 is 1.21 bits per heavy atom. The van der Waals surface area contributed by atoms with Crippen molar-refractivity contribution in [3.05, 3.63) is 48.3 Å². The van der Waals surface area contributed by atoms with Gasteiger partial charge in [-0.3, -0.25) is 4.98 Å². The second kappa shape index (κ2) is 9.68. The van der Waals surface area contributed by atoms with Crippen LogP contribution in [0.25, 0.3) is 22.3 Å². The fraction of sp³-hybridized carbons (Fsp3) is 0.435. The normalized spacial score (nSPS) is 18.5. The van der Waals surface area contributed by atoms with Crippen molar-refractivity contribution in [2.75, 3.05) is 32.6 Å². The SMILES string of the molecule is CC(C)C(O)c1ccc(-c2cc3nccnc3c(OCC3CN(S(C)(=O)=O)CCO3)n2)cc1. The summed E-state index contributed by atoms with van der Waals surface area (Å²) < 4.78 is 36.8. The maximum absolute atomic E-state index is 11.9. The average molecular weight is 473 g/mol. The van der Waals surface area contributed by atoms with Crippen LogP contribution < -0.4 is 4.74 Å². The van der Waals surface area contributed by atoms with Gasteiger partial charge in [-0.15, -0.1) is 0 Å². The van der Waals surface area contributed by atoms with Crippen molar-refractivity contribution in [2.45, 2.75) is 26.1 Å². The van der Waals surface area contributed by atoms with Gasteiger partial charge in [-0.2, -0.15) is 4.31 Å². The van der Waals surface area contributed by atoms with Gasteiger partial charge < -0.3 is 14.6 Å². The van der Waals surface area contributed by atoms with Gasteiger partial charge in [-0.25, -0.2) is 18.4 Å². The molecule has 0 spiro atoms. The first-order valence-electron chi connectivity index (χ1n) is 10.8. The Hall–Kier alpha value is -2.66. The lowest BCUT2D eigenvalue weighted by Crippen LogP contribution is -2.47. The number of sulfonamides is 1. The minimum absolute atomic E-state index is 0.116. The van der Waals surface area contributed by atoms with E-state index in [1.807, 2.05) is 44.2 Å². The summed E-state index contributed by atoms with van der Waals surface area (Å²) >= 11 is 0. The zero-order valence-corrected chi connectivity index (χ0v) is 19.7. The molecule has 33 heavy (non-hydrogen) atoms. The minimum atomic E-state index is -3.29. The Bertz CT molecular complexity index is 1220. The van der Waals surface area contributed by atoms with Crippen molar-refractivity contribution in [1.29, 1.82) is 0 Å². The zero-order chi connectivity index (χ0) is 23.6. The molecule has 2 atom stereocenters. The highest BCUT2D eigenvalue weighted by Crippen LogP contribution is 2.29. The third-order valence-corrected chi connectivity index (χ3v) is 6.85. The van der Waals surface area contributed by atoms with E-state index in [2.05, 4.69) is 15.0 Å². The average Bonchev–Trinajstić information content (AvgIpc) is 2.81. The molecule has 3 aromatic rings. The predicted octanol–water partition coefficient (Wildman–Crippen LogP) is 2.42. The summed E-state index contributed by atoms with van der Waals surface area (Å²) in [6.45, 7) is 4.94. The van der Waals surface area contributed by atoms with Crippen LogP contribution in [0, 0.1) is 5.92 Å². The maximum atomic E-state index is 11.9. The standard InChI is InChI=1S/C23H28N4O5S/c1-15(2)22(28)17-6-4-16(5-7-17)19-12-20-21(25-9-8-24-20)23(26-19)32-14-18-13-27(10-11-31-18)33(3,29)30/h4-9,12,15,18,22,28H,10-11,13-14H2,1-3H3. The maximum Gasteiger partial charge on any atom is 0.242 e. The second-order valence-electron chi connectivity index (χ2n) is 8.47. The molecule has 0 amide bonds. The van der Waals surface area contributed by atoms with Gasteiger partial charge in [-0.05, 0) is 17.5 Å². The number of fused-ring (bicyclic) bond motifs is 1. The summed E-state index contributed by atoms with van der Waals surface area (Å²) in [6, 6.07) is 9.43. The molecule has 2 aromatic heterocycles. The fourth-order valence-corrected chi connectivity index (χ4v) is 4.54. The molecule has 176 valence electrons. The Balaban J connectivity index is 1.58. The molecule has 4 rings (SSSR count). The highest BCUT2D eigenvalue weighted by Gasteiger charge is 2.27. The molecule has 1 aliphatic rings. The molecule has 9 nitrogen and oxygen atoms in total. The molecule has 0 saturated carbocycles. The first kappa shape index (κ1) is 23.5. The van der Waals surface area contributed by atoms with Crippen molar-refractivity contribution < 1.29 is 23.0 Å². The molecule has 0 aliphatic carbocycles. The number of hydrogen-bond acceptors (Lipinski definition) is 8. The summed E-state index contributed by atoms with van der Waals surface area (Å²) in [5.41, 5.74) is 3.50. The lowest BCUT2D eigenvalue weighted by molar-refractivity contribution is -0.0252. The van der Waals surface area contributed by atoms with Crippen molar-refractivity contribution in [3.63, 3.8) is 0 Å². The molecule has 0 radical (unpaired) electrons. The van der Waals surface area contributed by atoms with Gasteiger partial charge in [0, 0.05) is 31.0 Å². The van der Waals surface area contributed by atoms with E-state index in [0.717, 1.165) is 11.1 Å². The third kappa shape index (κ3) is 5.47. The van der Waals surface area contributed by atoms with Gasteiger partial charge in [0.05, 0.1) is 30.2 Å². The molecule has 1 saturated heterocycles. The van der Waals surface area contributed by atoms with Crippen LogP contribution >= 0.6 is 0 Å². The highest BCUT2D eigenvalue weighted by atomic mass is 32.2. The summed E-state index contributed by atoms with van der Waals surface area (Å²) in [5.74, 6) is 0.424. The summed E-state index contributed by atoms with van der Waals surface area (Å²) in [6.07, 6.45) is 3.42. The number of morpholine rings is 1. The number of aromatic nitrogens is 3. The molecule has 0 bridgehead atoms. The number of pyridine rings is 1. The summed E-state index contributed by atoms with van der Waals surface area (Å²) in [4.78, 5) is 13.4. The Kier molecular flexibility index (Phi) is 6.89. The molecular weight excluding hydrogens is 444 g/mol. The Labute approximate surface area is 193 Å². The molecule has 1 fully saturated rings. The minimum Gasteiger partial charge on any atom is -0.473 e. The van der Waals surface area contributed by atoms with E-state index in [-0.39, 0.29) is 19.1 Å². The van der Waals surface area contributed by atoms with E-state index >= 15 is 0 Å². The highest BCUT2D eigenvalue weighted by molar-refractivity contribution is 7.88. The van der Waals surface area contributed by atoms with E-state index in [0.29, 0.717) is 35.8 Å². The van der Waals surface area contributed by atoms with Crippen LogP contribution in [0.4, 0.5) is 0 Å². The van der Waals surface area contributed by atoms with Crippen molar-refractivity contribution in [2.24, 2.45) is 5.92 Å². The van der Waals surface area contributed by atoms with Gasteiger partial charge >= 0.3 is 0 Å². The number of ether oxygens (including phenoxy) is 2. The van der Waals surface area contributed by atoms with Crippen molar-refractivity contribution in [1.82, 2.24) is 19.3 Å². The second-order valence-corrected chi connectivity index (χ2v) is 10.5. The smallest absolute Gasteiger partial charge is 0.242 e. The third-order valence-electron chi connectivity index (χ3n) is 5.58. The number of hydrogen-bond donors (Lipinski definition) is 1. The molecule has 1 aliphatic heterocycles. The number of aliphatic hydroxyl groups is 1. The van der Waals surface area contributed by atoms with Crippen molar-refractivity contribution >= 4 is 21.1 Å². The van der Waals surface area contributed by atoms with Gasteiger partial charge in [0.15, 0.2) is 5.52 Å². The zero-order valence-electron chi connectivity index (χ0n) is 18.9. The first-order chi connectivity index (χ1) is 15.7. The first-order valence-corrected chi connectivity index (χ1v) is 12.7. The van der Waals surface area contributed by atoms with E-state index < -0.39 is 22.2 Å².